The lowest BCUT2D eigenvalue weighted by Gasteiger charge is -2.26. The summed E-state index contributed by atoms with van der Waals surface area (Å²) in [6, 6.07) is 0.842. The molecule has 108 valence electrons. The number of ether oxygens (including phenoxy) is 2. The van der Waals surface area contributed by atoms with Gasteiger partial charge >= 0.3 is 12.0 Å². The van der Waals surface area contributed by atoms with Crippen LogP contribution < -0.4 is 14.8 Å². The molecule has 6 nitrogen and oxygen atoms in total. The van der Waals surface area contributed by atoms with Gasteiger partial charge in [0.2, 0.25) is 0 Å². The topological polar surface area (TPSA) is 69.2 Å². The largest absolute Gasteiger partial charge is 0.467 e. The Kier molecular flexibility index (Phi) is 5.95. The zero-order chi connectivity index (χ0) is 14.4. The van der Waals surface area contributed by atoms with Crippen molar-refractivity contribution in [2.24, 2.45) is 5.92 Å². The summed E-state index contributed by atoms with van der Waals surface area (Å²) in [7, 11) is 3.08. The number of nitrogens with one attached hydrogen (secondary N) is 1. The third kappa shape index (κ3) is 4.02. The van der Waals surface area contributed by atoms with Gasteiger partial charge < -0.3 is 14.8 Å². The summed E-state index contributed by atoms with van der Waals surface area (Å²) in [6.07, 6.45) is 0. The van der Waals surface area contributed by atoms with Gasteiger partial charge in [-0.1, -0.05) is 20.8 Å². The van der Waals surface area contributed by atoms with Gasteiger partial charge in [0.05, 0.1) is 14.2 Å². The molecule has 0 spiro atoms. The molecule has 0 amide bonds. The fourth-order valence-corrected chi connectivity index (χ4v) is 2.23. The molecule has 1 N–H and O–H groups in total. The van der Waals surface area contributed by atoms with Crippen LogP contribution in [0.15, 0.2) is 0 Å². The molecule has 0 saturated carbocycles. The highest BCUT2D eigenvalue weighted by atomic mass is 16.5. The summed E-state index contributed by atoms with van der Waals surface area (Å²) >= 11 is 0. The number of methoxy groups -OCH3 is 2. The molecule has 19 heavy (non-hydrogen) atoms. The van der Waals surface area contributed by atoms with E-state index in [0.717, 1.165) is 6.54 Å². The summed E-state index contributed by atoms with van der Waals surface area (Å²) in [5, 5.41) is 3.42. The summed E-state index contributed by atoms with van der Waals surface area (Å²) < 4.78 is 10.2. The second-order valence-electron chi connectivity index (χ2n) is 4.78. The molecule has 1 heterocycles. The quantitative estimate of drug-likeness (QED) is 0.810. The molecule has 0 radical (unpaired) electrons. The first-order valence-electron chi connectivity index (χ1n) is 6.60. The van der Waals surface area contributed by atoms with E-state index in [2.05, 4.69) is 48.0 Å². The number of hydrogen-bond acceptors (Lipinski definition) is 6. The van der Waals surface area contributed by atoms with Crippen molar-refractivity contribution < 1.29 is 9.47 Å². The molecule has 2 atom stereocenters. The molecule has 1 rings (SSSR count). The minimum Gasteiger partial charge on any atom is -0.467 e. The maximum atomic E-state index is 5.10. The second-order valence-corrected chi connectivity index (χ2v) is 4.78. The van der Waals surface area contributed by atoms with E-state index in [0.29, 0.717) is 11.7 Å². The van der Waals surface area contributed by atoms with Crippen LogP contribution in [0.3, 0.4) is 0 Å². The van der Waals surface area contributed by atoms with Crippen LogP contribution in [-0.2, 0) is 0 Å². The van der Waals surface area contributed by atoms with Crippen molar-refractivity contribution in [2.75, 3.05) is 20.8 Å². The van der Waals surface area contributed by atoms with E-state index in [1.807, 2.05) is 0 Å². The first-order valence-corrected chi connectivity index (χ1v) is 6.60. The number of nitrogens with zero attached hydrogens (tertiary/aromatic N) is 3. The van der Waals surface area contributed by atoms with Crippen molar-refractivity contribution in [3.63, 3.8) is 0 Å². The molecule has 2 unspecified atom stereocenters. The van der Waals surface area contributed by atoms with Gasteiger partial charge in [-0.05, 0) is 19.4 Å². The van der Waals surface area contributed by atoms with Crippen molar-refractivity contribution >= 4 is 0 Å². The fourth-order valence-electron chi connectivity index (χ4n) is 2.23. The van der Waals surface area contributed by atoms with Crippen LogP contribution in [0.25, 0.3) is 0 Å². The number of hydrogen-bond donors (Lipinski definition) is 1. The van der Waals surface area contributed by atoms with E-state index >= 15 is 0 Å². The fraction of sp³-hybridized carbons (Fsp3) is 0.769. The summed E-state index contributed by atoms with van der Waals surface area (Å²) in [5.41, 5.74) is 0. The van der Waals surface area contributed by atoms with Crippen molar-refractivity contribution in [3.8, 4) is 12.0 Å². The lowest BCUT2D eigenvalue weighted by atomic mass is 9.88. The van der Waals surface area contributed by atoms with Gasteiger partial charge in [0.1, 0.15) is 5.82 Å². The first kappa shape index (κ1) is 15.6. The molecule has 6 heteroatoms. The number of rotatable bonds is 7. The predicted molar refractivity (Wildman–Crippen MR) is 73.6 cm³/mol. The molecule has 1 aromatic heterocycles. The van der Waals surface area contributed by atoms with E-state index in [4.69, 9.17) is 9.47 Å². The van der Waals surface area contributed by atoms with Gasteiger partial charge in [0, 0.05) is 12.0 Å². The van der Waals surface area contributed by atoms with Crippen molar-refractivity contribution in [1.29, 1.82) is 0 Å². The van der Waals surface area contributed by atoms with Crippen LogP contribution in [0, 0.1) is 5.92 Å². The Bertz CT molecular complexity index is 376. The molecule has 0 saturated heterocycles. The van der Waals surface area contributed by atoms with Crippen molar-refractivity contribution in [2.45, 2.75) is 39.7 Å². The molecule has 0 fully saturated rings. The van der Waals surface area contributed by atoms with Crippen molar-refractivity contribution in [1.82, 2.24) is 20.3 Å². The van der Waals surface area contributed by atoms with E-state index in [1.54, 1.807) is 0 Å². The minimum atomic E-state index is 0.172. The monoisotopic (exact) mass is 268 g/mol. The molecular formula is C13H24N4O2. The number of likely N-dealkylation sites (N-methyl/N-ethyl adjacent to an activating group) is 1. The molecule has 0 aliphatic heterocycles. The third-order valence-corrected chi connectivity index (χ3v) is 3.06. The van der Waals surface area contributed by atoms with Crippen LogP contribution >= 0.6 is 0 Å². The maximum absolute atomic E-state index is 5.10. The van der Waals surface area contributed by atoms with E-state index < -0.39 is 0 Å². The molecule has 0 bridgehead atoms. The Balaban J connectivity index is 3.14. The minimum absolute atomic E-state index is 0.172. The van der Waals surface area contributed by atoms with Crippen LogP contribution in [0.1, 0.15) is 39.4 Å². The zero-order valence-electron chi connectivity index (χ0n) is 12.6. The average Bonchev–Trinajstić information content (AvgIpc) is 2.38. The van der Waals surface area contributed by atoms with Crippen molar-refractivity contribution in [3.05, 3.63) is 5.82 Å². The lowest BCUT2D eigenvalue weighted by Crippen LogP contribution is -2.35. The van der Waals surface area contributed by atoms with E-state index in [-0.39, 0.29) is 24.0 Å². The Hall–Kier alpha value is -1.43. The highest BCUT2D eigenvalue weighted by molar-refractivity contribution is 5.11. The van der Waals surface area contributed by atoms with Gasteiger partial charge in [-0.25, -0.2) is 0 Å². The van der Waals surface area contributed by atoms with Gasteiger partial charge in [-0.2, -0.15) is 9.97 Å². The Morgan fingerprint density at radius 2 is 1.53 bits per heavy atom. The van der Waals surface area contributed by atoms with Gasteiger partial charge in [0.25, 0.3) is 0 Å². The van der Waals surface area contributed by atoms with Crippen LogP contribution in [0.2, 0.25) is 0 Å². The van der Waals surface area contributed by atoms with Gasteiger partial charge in [0.15, 0.2) is 0 Å². The van der Waals surface area contributed by atoms with Gasteiger partial charge in [-0.15, -0.1) is 4.98 Å². The lowest BCUT2D eigenvalue weighted by molar-refractivity contribution is 0.316. The van der Waals surface area contributed by atoms with Crippen LogP contribution in [0.5, 0.6) is 12.0 Å². The zero-order valence-corrected chi connectivity index (χ0v) is 12.6. The molecule has 1 aromatic rings. The van der Waals surface area contributed by atoms with E-state index in [1.165, 1.54) is 14.2 Å². The molecule has 0 aromatic carbocycles. The number of aromatic nitrogens is 3. The Morgan fingerprint density at radius 3 is 1.89 bits per heavy atom. The highest BCUT2D eigenvalue weighted by Crippen LogP contribution is 2.27. The highest BCUT2D eigenvalue weighted by Gasteiger charge is 2.26. The Morgan fingerprint density at radius 1 is 1.00 bits per heavy atom. The molecule has 0 aliphatic rings. The van der Waals surface area contributed by atoms with Gasteiger partial charge in [-0.3, -0.25) is 0 Å². The normalized spacial score (nSPS) is 14.3. The SMILES string of the molecule is CCNC(C)C(c1nc(OC)nc(OC)n1)C(C)C. The molecule has 0 aliphatic carbocycles. The Labute approximate surface area is 115 Å². The first-order chi connectivity index (χ1) is 9.03. The smallest absolute Gasteiger partial charge is 0.322 e. The standard InChI is InChI=1S/C13H24N4O2/c1-7-14-9(4)10(8(2)3)11-15-12(18-5)17-13(16-11)19-6/h8-10,14H,7H2,1-6H3. The maximum Gasteiger partial charge on any atom is 0.322 e. The third-order valence-electron chi connectivity index (χ3n) is 3.06. The van der Waals surface area contributed by atoms with E-state index in [9.17, 15) is 0 Å². The summed E-state index contributed by atoms with van der Waals surface area (Å²) in [5.74, 6) is 1.27. The van der Waals surface area contributed by atoms with Crippen LogP contribution in [-0.4, -0.2) is 41.8 Å². The van der Waals surface area contributed by atoms with Crippen LogP contribution in [0.4, 0.5) is 0 Å². The summed E-state index contributed by atoms with van der Waals surface area (Å²) in [6.45, 7) is 9.44. The molecular weight excluding hydrogens is 244 g/mol. The second kappa shape index (κ2) is 7.23. The summed E-state index contributed by atoms with van der Waals surface area (Å²) in [4.78, 5) is 12.8. The average molecular weight is 268 g/mol. The predicted octanol–water partition coefficient (Wildman–Crippen LogP) is 1.63.